The molecule has 1 aromatic rings. The molecule has 0 radical (unpaired) electrons. The van der Waals surface area contributed by atoms with E-state index in [1.807, 2.05) is 11.8 Å². The molecule has 1 aliphatic carbocycles. The summed E-state index contributed by atoms with van der Waals surface area (Å²) in [6, 6.07) is 0.319. The van der Waals surface area contributed by atoms with Gasteiger partial charge in [0.25, 0.3) is 0 Å². The van der Waals surface area contributed by atoms with Crippen LogP contribution < -0.4 is 5.73 Å². The Morgan fingerprint density at radius 1 is 0.950 bits per heavy atom. The van der Waals surface area contributed by atoms with Gasteiger partial charge in [-0.15, -0.1) is 10.2 Å². The minimum atomic E-state index is 0.319. The molecule has 20 heavy (non-hydrogen) atoms. The monoisotopic (exact) mass is 294 g/mol. The minimum Gasteiger partial charge on any atom is -0.327 e. The van der Waals surface area contributed by atoms with Gasteiger partial charge in [-0.2, -0.15) is 0 Å². The summed E-state index contributed by atoms with van der Waals surface area (Å²) in [6.07, 6.45) is 12.6. The van der Waals surface area contributed by atoms with Crippen LogP contribution in [0.1, 0.15) is 63.6 Å². The number of fused-ring (bicyclic) bond motifs is 1. The fourth-order valence-corrected chi connectivity index (χ4v) is 4.58. The number of thioether (sulfide) groups is 1. The normalized spacial score (nSPS) is 28.2. The first kappa shape index (κ1) is 14.4. The van der Waals surface area contributed by atoms with Gasteiger partial charge in [0.15, 0.2) is 5.16 Å². The lowest BCUT2D eigenvalue weighted by Crippen LogP contribution is -2.33. The van der Waals surface area contributed by atoms with Gasteiger partial charge in [0.05, 0.1) is 0 Å². The predicted molar refractivity (Wildman–Crippen MR) is 82.9 cm³/mol. The van der Waals surface area contributed by atoms with E-state index in [1.54, 1.807) is 0 Å². The van der Waals surface area contributed by atoms with Crippen LogP contribution in [0.3, 0.4) is 0 Å². The molecule has 1 saturated carbocycles. The fraction of sp³-hybridized carbons (Fsp3) is 0.867. The zero-order chi connectivity index (χ0) is 13.8. The maximum atomic E-state index is 6.39. The molecule has 2 unspecified atom stereocenters. The zero-order valence-corrected chi connectivity index (χ0v) is 13.1. The van der Waals surface area contributed by atoms with Gasteiger partial charge in [-0.1, -0.05) is 43.9 Å². The fourth-order valence-electron chi connectivity index (χ4n) is 3.31. The minimum absolute atomic E-state index is 0.319. The summed E-state index contributed by atoms with van der Waals surface area (Å²) < 4.78 is 2.35. The van der Waals surface area contributed by atoms with E-state index in [-0.39, 0.29) is 0 Å². The third-order valence-electron chi connectivity index (χ3n) is 4.59. The second-order valence-electron chi connectivity index (χ2n) is 6.17. The molecule has 0 spiro atoms. The van der Waals surface area contributed by atoms with E-state index >= 15 is 0 Å². The molecule has 0 amide bonds. The zero-order valence-electron chi connectivity index (χ0n) is 12.3. The number of aryl methyl sites for hydroxylation is 1. The largest absolute Gasteiger partial charge is 0.327 e. The Labute approximate surface area is 125 Å². The van der Waals surface area contributed by atoms with E-state index in [4.69, 9.17) is 5.73 Å². The average Bonchev–Trinajstić information content (AvgIpc) is 2.67. The lowest BCUT2D eigenvalue weighted by Gasteiger charge is -2.25. The maximum Gasteiger partial charge on any atom is 0.191 e. The lowest BCUT2D eigenvalue weighted by molar-refractivity contribution is 0.462. The van der Waals surface area contributed by atoms with Gasteiger partial charge in [-0.05, 0) is 25.7 Å². The smallest absolute Gasteiger partial charge is 0.191 e. The average molecular weight is 294 g/mol. The molecule has 3 rings (SSSR count). The Morgan fingerprint density at radius 2 is 1.75 bits per heavy atom. The van der Waals surface area contributed by atoms with Crippen molar-refractivity contribution < 1.29 is 0 Å². The molecular weight excluding hydrogens is 268 g/mol. The van der Waals surface area contributed by atoms with Crippen molar-refractivity contribution in [3.8, 4) is 0 Å². The molecule has 1 aliphatic heterocycles. The molecule has 112 valence electrons. The third-order valence-corrected chi connectivity index (χ3v) is 5.99. The molecule has 2 atom stereocenters. The van der Waals surface area contributed by atoms with Crippen LogP contribution in [0.4, 0.5) is 0 Å². The van der Waals surface area contributed by atoms with Crippen LogP contribution in [0, 0.1) is 0 Å². The molecule has 2 heterocycles. The van der Waals surface area contributed by atoms with Crippen molar-refractivity contribution in [2.45, 2.75) is 87.2 Å². The van der Waals surface area contributed by atoms with Crippen LogP contribution in [0.5, 0.6) is 0 Å². The van der Waals surface area contributed by atoms with Gasteiger partial charge in [-0.25, -0.2) is 0 Å². The highest BCUT2D eigenvalue weighted by molar-refractivity contribution is 7.99. The summed E-state index contributed by atoms with van der Waals surface area (Å²) in [7, 11) is 0. The van der Waals surface area contributed by atoms with E-state index in [0.717, 1.165) is 18.1 Å². The van der Waals surface area contributed by atoms with Crippen LogP contribution in [0.2, 0.25) is 0 Å². The van der Waals surface area contributed by atoms with E-state index in [0.29, 0.717) is 11.3 Å². The summed E-state index contributed by atoms with van der Waals surface area (Å²) >= 11 is 1.89. The van der Waals surface area contributed by atoms with Crippen molar-refractivity contribution in [3.63, 3.8) is 0 Å². The summed E-state index contributed by atoms with van der Waals surface area (Å²) in [6.45, 7) is 1.09. The topological polar surface area (TPSA) is 56.7 Å². The van der Waals surface area contributed by atoms with Crippen molar-refractivity contribution in [2.24, 2.45) is 5.73 Å². The summed E-state index contributed by atoms with van der Waals surface area (Å²) in [5.74, 6) is 1.18. The maximum absolute atomic E-state index is 6.39. The molecule has 1 aromatic heterocycles. The molecule has 0 bridgehead atoms. The summed E-state index contributed by atoms with van der Waals surface area (Å²) in [4.78, 5) is 0. The quantitative estimate of drug-likeness (QED) is 0.910. The third kappa shape index (κ3) is 3.37. The van der Waals surface area contributed by atoms with E-state index in [1.165, 1.54) is 63.6 Å². The number of aromatic nitrogens is 3. The second kappa shape index (κ2) is 6.94. The van der Waals surface area contributed by atoms with E-state index in [9.17, 15) is 0 Å². The van der Waals surface area contributed by atoms with Crippen molar-refractivity contribution in [3.05, 3.63) is 5.82 Å². The summed E-state index contributed by atoms with van der Waals surface area (Å²) in [5.41, 5.74) is 6.39. The van der Waals surface area contributed by atoms with Gasteiger partial charge in [0, 0.05) is 24.3 Å². The molecule has 4 nitrogen and oxygen atoms in total. The molecule has 0 saturated heterocycles. The Bertz CT molecular complexity index is 432. The van der Waals surface area contributed by atoms with E-state index in [2.05, 4.69) is 14.8 Å². The van der Waals surface area contributed by atoms with Crippen molar-refractivity contribution in [2.75, 3.05) is 0 Å². The Hall–Kier alpha value is -0.550. The molecule has 2 aliphatic rings. The van der Waals surface area contributed by atoms with Crippen LogP contribution in [-0.4, -0.2) is 26.1 Å². The van der Waals surface area contributed by atoms with Gasteiger partial charge < -0.3 is 10.3 Å². The number of hydrogen-bond donors (Lipinski definition) is 1. The predicted octanol–water partition coefficient (Wildman–Crippen LogP) is 3.15. The highest BCUT2D eigenvalue weighted by Crippen LogP contribution is 2.32. The molecule has 1 fully saturated rings. The number of rotatable bonds is 2. The standard InChI is InChI=1S/C15H26N4S/c16-12-8-4-1-2-5-9-13(12)20-15-18-17-14-10-6-3-7-11-19(14)15/h12-13H,1-11,16H2. The van der Waals surface area contributed by atoms with Crippen LogP contribution in [0.25, 0.3) is 0 Å². The Kier molecular flexibility index (Phi) is 4.99. The first-order chi connectivity index (χ1) is 9.84. The first-order valence-corrected chi connectivity index (χ1v) is 9.07. The van der Waals surface area contributed by atoms with Crippen molar-refractivity contribution in [1.29, 1.82) is 0 Å². The van der Waals surface area contributed by atoms with Gasteiger partial charge >= 0.3 is 0 Å². The van der Waals surface area contributed by atoms with E-state index < -0.39 is 0 Å². The number of hydrogen-bond acceptors (Lipinski definition) is 4. The van der Waals surface area contributed by atoms with Crippen LogP contribution in [-0.2, 0) is 13.0 Å². The van der Waals surface area contributed by atoms with Gasteiger partial charge in [0.1, 0.15) is 5.82 Å². The Morgan fingerprint density at radius 3 is 2.65 bits per heavy atom. The molecule has 0 aromatic carbocycles. The van der Waals surface area contributed by atoms with Crippen LogP contribution in [0.15, 0.2) is 5.16 Å². The summed E-state index contributed by atoms with van der Waals surface area (Å²) in [5, 5.41) is 10.5. The van der Waals surface area contributed by atoms with Crippen molar-refractivity contribution in [1.82, 2.24) is 14.8 Å². The molecule has 5 heteroatoms. The number of nitrogens with two attached hydrogens (primary N) is 1. The van der Waals surface area contributed by atoms with Gasteiger partial charge in [0.2, 0.25) is 0 Å². The van der Waals surface area contributed by atoms with Crippen LogP contribution >= 0.6 is 11.8 Å². The Balaban J connectivity index is 1.71. The second-order valence-corrected chi connectivity index (χ2v) is 7.38. The lowest BCUT2D eigenvalue weighted by atomic mass is 9.97. The molecular formula is C15H26N4S. The van der Waals surface area contributed by atoms with Crippen molar-refractivity contribution >= 4 is 11.8 Å². The first-order valence-electron chi connectivity index (χ1n) is 8.19. The highest BCUT2D eigenvalue weighted by atomic mass is 32.2. The van der Waals surface area contributed by atoms with Gasteiger partial charge in [-0.3, -0.25) is 0 Å². The SMILES string of the molecule is NC1CCCCCCC1Sc1nnc2n1CCCCC2. The molecule has 2 N–H and O–H groups in total. The number of nitrogens with zero attached hydrogens (tertiary/aromatic N) is 3. The highest BCUT2D eigenvalue weighted by Gasteiger charge is 2.24.